The molecule has 3 aromatic rings. The van der Waals surface area contributed by atoms with Crippen molar-refractivity contribution < 1.29 is 23.7 Å². The van der Waals surface area contributed by atoms with Gasteiger partial charge in [0.15, 0.2) is 23.0 Å². The van der Waals surface area contributed by atoms with Gasteiger partial charge in [-0.2, -0.15) is 0 Å². The minimum Gasteiger partial charge on any atom is -0.493 e. The number of nitrogens with zero attached hydrogens (tertiary/aromatic N) is 1. The minimum atomic E-state index is 0.0168. The van der Waals surface area contributed by atoms with Gasteiger partial charge in [0.25, 0.3) is 5.91 Å². The molecule has 156 valence electrons. The largest absolute Gasteiger partial charge is 0.493 e. The lowest BCUT2D eigenvalue weighted by Gasteiger charge is -2.23. The molecular formula is C23H23NO5S. The van der Waals surface area contributed by atoms with Gasteiger partial charge in [-0.3, -0.25) is 4.79 Å². The molecule has 30 heavy (non-hydrogen) atoms. The predicted octanol–water partition coefficient (Wildman–Crippen LogP) is 4.38. The number of hydrogen-bond donors (Lipinski definition) is 0. The van der Waals surface area contributed by atoms with Gasteiger partial charge in [-0.25, -0.2) is 0 Å². The molecule has 0 saturated heterocycles. The first kappa shape index (κ1) is 20.1. The monoisotopic (exact) mass is 425 g/mol. The van der Waals surface area contributed by atoms with Crippen molar-refractivity contribution in [2.75, 3.05) is 27.6 Å². The minimum absolute atomic E-state index is 0.0168. The van der Waals surface area contributed by atoms with Gasteiger partial charge in [-0.05, 0) is 53.3 Å². The highest BCUT2D eigenvalue weighted by Crippen LogP contribution is 2.33. The second kappa shape index (κ2) is 9.09. The van der Waals surface area contributed by atoms with Gasteiger partial charge >= 0.3 is 0 Å². The van der Waals surface area contributed by atoms with Crippen molar-refractivity contribution in [3.8, 4) is 23.0 Å². The lowest BCUT2D eigenvalue weighted by molar-refractivity contribution is 0.0750. The number of fused-ring (bicyclic) bond motifs is 1. The Morgan fingerprint density at radius 1 is 1.00 bits per heavy atom. The van der Waals surface area contributed by atoms with E-state index in [1.54, 1.807) is 14.2 Å². The van der Waals surface area contributed by atoms with Gasteiger partial charge in [0.05, 0.1) is 19.1 Å². The van der Waals surface area contributed by atoms with Gasteiger partial charge in [0.2, 0.25) is 6.79 Å². The van der Waals surface area contributed by atoms with Crippen LogP contribution in [0, 0.1) is 0 Å². The number of rotatable bonds is 8. The standard InChI is InChI=1S/C23H23NO5S/c1-26-18-7-5-16(12-20(18)27-2)9-10-24(23(25)22-4-3-11-30-22)14-17-6-8-19-21(13-17)29-15-28-19/h3-8,11-13H,9-10,14-15H2,1-2H3. The zero-order valence-electron chi connectivity index (χ0n) is 16.9. The molecule has 2 heterocycles. The lowest BCUT2D eigenvalue weighted by Crippen LogP contribution is -2.32. The number of methoxy groups -OCH3 is 2. The topological polar surface area (TPSA) is 57.2 Å². The van der Waals surface area contributed by atoms with Crippen LogP contribution >= 0.6 is 11.3 Å². The predicted molar refractivity (Wildman–Crippen MR) is 115 cm³/mol. The van der Waals surface area contributed by atoms with E-state index >= 15 is 0 Å². The van der Waals surface area contributed by atoms with Crippen molar-refractivity contribution >= 4 is 17.2 Å². The van der Waals surface area contributed by atoms with Crippen LogP contribution in [-0.4, -0.2) is 38.4 Å². The summed E-state index contributed by atoms with van der Waals surface area (Å²) in [5, 5.41) is 1.92. The second-order valence-corrected chi connectivity index (χ2v) is 7.78. The highest BCUT2D eigenvalue weighted by molar-refractivity contribution is 7.12. The molecule has 0 spiro atoms. The van der Waals surface area contributed by atoms with Crippen LogP contribution in [0.1, 0.15) is 20.8 Å². The first-order valence-electron chi connectivity index (χ1n) is 9.60. The first-order chi connectivity index (χ1) is 14.7. The van der Waals surface area contributed by atoms with Crippen molar-refractivity contribution in [3.63, 3.8) is 0 Å². The highest BCUT2D eigenvalue weighted by atomic mass is 32.1. The molecule has 0 fully saturated rings. The quantitative estimate of drug-likeness (QED) is 0.536. The third kappa shape index (κ3) is 4.36. The van der Waals surface area contributed by atoms with Crippen molar-refractivity contribution in [3.05, 3.63) is 69.9 Å². The summed E-state index contributed by atoms with van der Waals surface area (Å²) in [4.78, 5) is 15.7. The molecule has 6 nitrogen and oxygen atoms in total. The molecule has 0 N–H and O–H groups in total. The molecule has 0 bridgehead atoms. The summed E-state index contributed by atoms with van der Waals surface area (Å²) in [7, 11) is 3.23. The normalized spacial score (nSPS) is 11.9. The van der Waals surface area contributed by atoms with E-state index in [4.69, 9.17) is 18.9 Å². The van der Waals surface area contributed by atoms with Crippen molar-refractivity contribution in [1.82, 2.24) is 4.90 Å². The molecule has 0 aliphatic carbocycles. The fourth-order valence-electron chi connectivity index (χ4n) is 3.37. The number of benzene rings is 2. The Morgan fingerprint density at radius 3 is 2.57 bits per heavy atom. The Bertz CT molecular complexity index is 1020. The Hall–Kier alpha value is -3.19. The van der Waals surface area contributed by atoms with Gasteiger partial charge < -0.3 is 23.8 Å². The maximum absolute atomic E-state index is 13.1. The van der Waals surface area contributed by atoms with Crippen molar-refractivity contribution in [1.29, 1.82) is 0 Å². The zero-order chi connectivity index (χ0) is 20.9. The summed E-state index contributed by atoms with van der Waals surface area (Å²) in [6, 6.07) is 15.4. The lowest BCUT2D eigenvalue weighted by atomic mass is 10.1. The maximum atomic E-state index is 13.1. The number of ether oxygens (including phenoxy) is 4. The van der Waals surface area contributed by atoms with E-state index in [1.165, 1.54) is 11.3 Å². The first-order valence-corrected chi connectivity index (χ1v) is 10.5. The molecule has 2 aromatic carbocycles. The van der Waals surface area contributed by atoms with Crippen LogP contribution in [0.3, 0.4) is 0 Å². The van der Waals surface area contributed by atoms with Crippen LogP contribution in [-0.2, 0) is 13.0 Å². The van der Waals surface area contributed by atoms with Gasteiger partial charge in [-0.15, -0.1) is 11.3 Å². The van der Waals surface area contributed by atoms with E-state index < -0.39 is 0 Å². The van der Waals surface area contributed by atoms with E-state index in [0.29, 0.717) is 31.0 Å². The van der Waals surface area contributed by atoms with Crippen LogP contribution in [0.25, 0.3) is 0 Å². The number of hydrogen-bond acceptors (Lipinski definition) is 6. The van der Waals surface area contributed by atoms with Gasteiger partial charge in [0, 0.05) is 13.1 Å². The molecule has 1 aromatic heterocycles. The van der Waals surface area contributed by atoms with Crippen LogP contribution in [0.15, 0.2) is 53.9 Å². The number of carbonyl (C=O) groups excluding carboxylic acids is 1. The van der Waals surface area contributed by atoms with E-state index in [2.05, 4.69) is 0 Å². The van der Waals surface area contributed by atoms with Crippen LogP contribution in [0.4, 0.5) is 0 Å². The molecule has 1 aliphatic heterocycles. The van der Waals surface area contributed by atoms with E-state index in [0.717, 1.165) is 27.5 Å². The molecule has 0 atom stereocenters. The summed E-state index contributed by atoms with van der Waals surface area (Å²) in [6.07, 6.45) is 0.696. The Balaban J connectivity index is 1.52. The van der Waals surface area contributed by atoms with Gasteiger partial charge in [-0.1, -0.05) is 18.2 Å². The molecular weight excluding hydrogens is 402 g/mol. The summed E-state index contributed by atoms with van der Waals surface area (Å²) in [5.41, 5.74) is 2.07. The zero-order valence-corrected chi connectivity index (χ0v) is 17.7. The number of carbonyl (C=O) groups is 1. The fourth-order valence-corrected chi connectivity index (χ4v) is 4.06. The summed E-state index contributed by atoms with van der Waals surface area (Å²) in [6.45, 7) is 1.29. The van der Waals surface area contributed by atoms with Crippen LogP contribution in [0.2, 0.25) is 0 Å². The number of thiophene rings is 1. The van der Waals surface area contributed by atoms with Crippen molar-refractivity contribution in [2.45, 2.75) is 13.0 Å². The average Bonchev–Trinajstić information content (AvgIpc) is 3.47. The third-order valence-corrected chi connectivity index (χ3v) is 5.81. The van der Waals surface area contributed by atoms with Crippen molar-refractivity contribution in [2.24, 2.45) is 0 Å². The summed E-state index contributed by atoms with van der Waals surface area (Å²) >= 11 is 1.45. The average molecular weight is 426 g/mol. The van der Waals surface area contributed by atoms with Crippen LogP contribution < -0.4 is 18.9 Å². The number of amides is 1. The van der Waals surface area contributed by atoms with Crippen LogP contribution in [0.5, 0.6) is 23.0 Å². The summed E-state index contributed by atoms with van der Waals surface area (Å²) in [5.74, 6) is 2.84. The molecule has 7 heteroatoms. The van der Waals surface area contributed by atoms with E-state index in [1.807, 2.05) is 58.8 Å². The molecule has 0 radical (unpaired) electrons. The molecule has 4 rings (SSSR count). The molecule has 1 amide bonds. The SMILES string of the molecule is COc1ccc(CCN(Cc2ccc3c(c2)OCO3)C(=O)c2cccs2)cc1OC. The fraction of sp³-hybridized carbons (Fsp3) is 0.261. The van der Waals surface area contributed by atoms with E-state index in [9.17, 15) is 4.79 Å². The molecule has 0 unspecified atom stereocenters. The van der Waals surface area contributed by atoms with E-state index in [-0.39, 0.29) is 12.7 Å². The third-order valence-electron chi connectivity index (χ3n) is 4.95. The maximum Gasteiger partial charge on any atom is 0.264 e. The molecule has 0 saturated carbocycles. The molecule has 1 aliphatic rings. The highest BCUT2D eigenvalue weighted by Gasteiger charge is 2.20. The smallest absolute Gasteiger partial charge is 0.264 e. The Morgan fingerprint density at radius 2 is 1.80 bits per heavy atom. The Kier molecular flexibility index (Phi) is 6.09. The summed E-state index contributed by atoms with van der Waals surface area (Å²) < 4.78 is 21.6. The second-order valence-electron chi connectivity index (χ2n) is 6.83. The Labute approximate surface area is 179 Å². The van der Waals surface area contributed by atoms with Gasteiger partial charge in [0.1, 0.15) is 0 Å².